The smallest absolute Gasteiger partial charge is 0.243 e. The van der Waals surface area contributed by atoms with Crippen LogP contribution < -0.4 is 10.2 Å². The summed E-state index contributed by atoms with van der Waals surface area (Å²) in [6.45, 7) is 6.78. The van der Waals surface area contributed by atoms with Crippen molar-refractivity contribution in [2.75, 3.05) is 26.8 Å². The largest absolute Gasteiger partial charge is 0.454 e. The minimum atomic E-state index is -0.595. The van der Waals surface area contributed by atoms with Gasteiger partial charge in [-0.15, -0.1) is 0 Å². The Bertz CT molecular complexity index is 2090. The highest BCUT2D eigenvalue weighted by Gasteiger charge is 2.33. The van der Waals surface area contributed by atoms with E-state index in [1.165, 1.54) is 24.3 Å². The van der Waals surface area contributed by atoms with Crippen molar-refractivity contribution >= 4 is 22.7 Å². The standard InChI is InChI=1S/C41H47F2N5O5/c1-40(2)16-6-17-41(3,27-8-5-7-26(21-27)9-13-36(50)47-52-20-19-49)35-24-45-39(46-35)31-22-28(10-12-32(31)42)53-38-30(11-14-37(51)48(4)25-40)29-15-18-44-34(29)23-33(38)43/h5,7-8,10,12,15,18,21-24,44,49H,6,9,11,13-14,16-17,19-20,25H2,1-4H3,(H,45,46)(H,47,50). The van der Waals surface area contributed by atoms with E-state index in [1.807, 2.05) is 31.3 Å². The molecule has 0 radical (unpaired) electrons. The Morgan fingerprint density at radius 2 is 1.91 bits per heavy atom. The van der Waals surface area contributed by atoms with Gasteiger partial charge in [0.05, 0.1) is 18.8 Å². The summed E-state index contributed by atoms with van der Waals surface area (Å²) in [5.74, 6) is -0.946. The molecule has 280 valence electrons. The van der Waals surface area contributed by atoms with Crippen LogP contribution in [0.3, 0.4) is 0 Å². The Morgan fingerprint density at radius 1 is 1.08 bits per heavy atom. The highest BCUT2D eigenvalue weighted by atomic mass is 19.1. The van der Waals surface area contributed by atoms with E-state index in [2.05, 4.69) is 47.3 Å². The number of aromatic nitrogens is 3. The van der Waals surface area contributed by atoms with Crippen molar-refractivity contribution in [1.29, 1.82) is 0 Å². The Balaban J connectivity index is 1.39. The fourth-order valence-electron chi connectivity index (χ4n) is 7.33. The molecule has 3 heterocycles. The molecule has 1 atom stereocenters. The molecule has 3 aromatic carbocycles. The fourth-order valence-corrected chi connectivity index (χ4v) is 7.33. The molecule has 0 aliphatic carbocycles. The van der Waals surface area contributed by atoms with Gasteiger partial charge in [0, 0.05) is 72.5 Å². The van der Waals surface area contributed by atoms with Gasteiger partial charge in [-0.05, 0) is 73.4 Å². The molecule has 4 N–H and O–H groups in total. The number of H-pyrrole nitrogens is 2. The number of hydroxylamine groups is 1. The van der Waals surface area contributed by atoms with Crippen LogP contribution in [0, 0.1) is 17.0 Å². The zero-order chi connectivity index (χ0) is 37.8. The normalized spacial score (nSPS) is 18.1. The molecular formula is C41H47F2N5O5. The summed E-state index contributed by atoms with van der Waals surface area (Å²) in [5, 5.41) is 9.66. The van der Waals surface area contributed by atoms with Crippen LogP contribution in [0.5, 0.6) is 11.5 Å². The van der Waals surface area contributed by atoms with Gasteiger partial charge in [0.2, 0.25) is 11.8 Å². The van der Waals surface area contributed by atoms with E-state index in [4.69, 9.17) is 14.7 Å². The molecule has 1 unspecified atom stereocenters. The Morgan fingerprint density at radius 3 is 2.72 bits per heavy atom. The number of aliphatic hydroxyl groups excluding tert-OH is 1. The minimum Gasteiger partial charge on any atom is -0.454 e. The van der Waals surface area contributed by atoms with Gasteiger partial charge >= 0.3 is 0 Å². The third kappa shape index (κ3) is 8.60. The quantitative estimate of drug-likeness (QED) is 0.101. The highest BCUT2D eigenvalue weighted by Crippen LogP contribution is 2.41. The van der Waals surface area contributed by atoms with Gasteiger partial charge < -0.3 is 24.7 Å². The summed E-state index contributed by atoms with van der Waals surface area (Å²) in [6, 6.07) is 15.5. The first-order valence-corrected chi connectivity index (χ1v) is 18.0. The SMILES string of the molecule is CN1CC(C)(C)CCCC(C)(c2cccc(CCC(=O)NOCCO)c2)c2cnc([nH]2)-c2cc(ccc2F)Oc2c(F)cc3[nH]ccc3c2CCC1=O. The van der Waals surface area contributed by atoms with Crippen LogP contribution >= 0.6 is 0 Å². The van der Waals surface area contributed by atoms with Crippen molar-refractivity contribution in [3.63, 3.8) is 0 Å². The van der Waals surface area contributed by atoms with E-state index in [9.17, 15) is 9.59 Å². The lowest BCUT2D eigenvalue weighted by atomic mass is 9.73. The number of hydrogen-bond acceptors (Lipinski definition) is 6. The van der Waals surface area contributed by atoms with Crippen molar-refractivity contribution in [3.8, 4) is 22.9 Å². The molecule has 53 heavy (non-hydrogen) atoms. The number of benzene rings is 3. The van der Waals surface area contributed by atoms with E-state index in [-0.39, 0.29) is 66.8 Å². The molecule has 0 spiro atoms. The average molecular weight is 728 g/mol. The van der Waals surface area contributed by atoms with E-state index in [1.54, 1.807) is 17.3 Å². The summed E-state index contributed by atoms with van der Waals surface area (Å²) in [5.41, 5.74) is 5.58. The molecular weight excluding hydrogens is 680 g/mol. The lowest BCUT2D eigenvalue weighted by Crippen LogP contribution is -2.36. The number of nitrogens with one attached hydrogen (secondary N) is 3. The second-order valence-electron chi connectivity index (χ2n) is 14.9. The second kappa shape index (κ2) is 15.9. The third-order valence-corrected chi connectivity index (χ3v) is 10.2. The minimum absolute atomic E-state index is 0.00823. The van der Waals surface area contributed by atoms with E-state index in [0.717, 1.165) is 35.0 Å². The van der Waals surface area contributed by atoms with Crippen LogP contribution in [0.1, 0.15) is 75.3 Å². The van der Waals surface area contributed by atoms with Gasteiger partial charge in [-0.25, -0.2) is 19.2 Å². The van der Waals surface area contributed by atoms with Crippen molar-refractivity contribution in [3.05, 3.63) is 101 Å². The zero-order valence-electron chi connectivity index (χ0n) is 30.7. The maximum atomic E-state index is 15.7. The van der Waals surface area contributed by atoms with Gasteiger partial charge in [0.25, 0.3) is 0 Å². The fraction of sp³-hybridized carbons (Fsp3) is 0.390. The van der Waals surface area contributed by atoms with Crippen molar-refractivity contribution in [2.45, 2.75) is 71.1 Å². The van der Waals surface area contributed by atoms with Crippen LogP contribution in [-0.4, -0.2) is 63.6 Å². The lowest BCUT2D eigenvalue weighted by Gasteiger charge is -2.34. The topological polar surface area (TPSA) is 133 Å². The highest BCUT2D eigenvalue weighted by molar-refractivity contribution is 5.86. The number of ether oxygens (including phenoxy) is 1. The van der Waals surface area contributed by atoms with Crippen molar-refractivity contribution in [1.82, 2.24) is 25.3 Å². The number of aliphatic hydroxyl groups is 1. The lowest BCUT2D eigenvalue weighted by molar-refractivity contribution is -0.134. The molecule has 1 aliphatic rings. The average Bonchev–Trinajstić information content (AvgIpc) is 3.81. The summed E-state index contributed by atoms with van der Waals surface area (Å²) >= 11 is 0. The van der Waals surface area contributed by atoms with Crippen molar-refractivity contribution in [2.24, 2.45) is 5.41 Å². The molecule has 0 saturated carbocycles. The summed E-state index contributed by atoms with van der Waals surface area (Å²) in [4.78, 5) is 43.6. The maximum Gasteiger partial charge on any atom is 0.243 e. The summed E-state index contributed by atoms with van der Waals surface area (Å²) in [6.07, 6.45) is 6.86. The second-order valence-corrected chi connectivity index (χ2v) is 14.9. The molecule has 2 amide bonds. The van der Waals surface area contributed by atoms with Gasteiger partial charge in [-0.2, -0.15) is 0 Å². The van der Waals surface area contributed by atoms with Crippen LogP contribution in [0.4, 0.5) is 8.78 Å². The molecule has 2 aromatic heterocycles. The first kappa shape index (κ1) is 37.7. The number of amides is 2. The van der Waals surface area contributed by atoms with Gasteiger partial charge in [-0.3, -0.25) is 14.4 Å². The van der Waals surface area contributed by atoms with Crippen LogP contribution in [0.25, 0.3) is 22.3 Å². The van der Waals surface area contributed by atoms with Crippen molar-refractivity contribution < 1.29 is 33.1 Å². The monoisotopic (exact) mass is 727 g/mol. The predicted octanol–water partition coefficient (Wildman–Crippen LogP) is 7.51. The number of fused-ring (bicyclic) bond motifs is 8. The molecule has 1 aliphatic heterocycles. The molecule has 4 bridgehead atoms. The Kier molecular flexibility index (Phi) is 11.3. The Hall–Kier alpha value is -5.07. The number of carbonyl (C=O) groups is 2. The Labute approximate surface area is 307 Å². The summed E-state index contributed by atoms with van der Waals surface area (Å²) in [7, 11) is 1.81. The third-order valence-electron chi connectivity index (χ3n) is 10.2. The van der Waals surface area contributed by atoms with Crippen LogP contribution in [-0.2, 0) is 32.7 Å². The number of aromatic amines is 2. The molecule has 5 aromatic rings. The molecule has 0 fully saturated rings. The first-order valence-electron chi connectivity index (χ1n) is 18.0. The first-order chi connectivity index (χ1) is 25.4. The van der Waals surface area contributed by atoms with Crippen LogP contribution in [0.2, 0.25) is 0 Å². The van der Waals surface area contributed by atoms with E-state index >= 15 is 8.78 Å². The van der Waals surface area contributed by atoms with Gasteiger partial charge in [0.15, 0.2) is 11.6 Å². The summed E-state index contributed by atoms with van der Waals surface area (Å²) < 4.78 is 37.5. The number of carbonyl (C=O) groups excluding carboxylic acids is 2. The molecule has 0 saturated heterocycles. The number of imidazole rings is 1. The molecule has 6 rings (SSSR count). The number of nitrogens with zero attached hydrogens (tertiary/aromatic N) is 2. The van der Waals surface area contributed by atoms with E-state index in [0.29, 0.717) is 36.3 Å². The predicted molar refractivity (Wildman–Crippen MR) is 198 cm³/mol. The van der Waals surface area contributed by atoms with Gasteiger partial charge in [-0.1, -0.05) is 44.5 Å². The van der Waals surface area contributed by atoms with E-state index < -0.39 is 17.0 Å². The zero-order valence-corrected chi connectivity index (χ0v) is 30.7. The number of aryl methyl sites for hydroxylation is 2. The molecule has 12 heteroatoms. The molecule has 10 nitrogen and oxygen atoms in total. The maximum absolute atomic E-state index is 15.7. The number of halogens is 2. The number of rotatable bonds is 7. The van der Waals surface area contributed by atoms with Gasteiger partial charge in [0.1, 0.15) is 17.4 Å². The van der Waals surface area contributed by atoms with Crippen LogP contribution in [0.15, 0.2) is 67.0 Å². The number of hydrogen-bond donors (Lipinski definition) is 4.